The molecule has 152 valence electrons. The van der Waals surface area contributed by atoms with E-state index in [4.69, 9.17) is 14.3 Å². The normalized spacial score (nSPS) is 20.6. The predicted octanol–water partition coefficient (Wildman–Crippen LogP) is 3.09. The number of nitrogens with one attached hydrogen (secondary N) is 1. The van der Waals surface area contributed by atoms with Crippen molar-refractivity contribution in [2.45, 2.75) is 19.5 Å². The number of hydrogen-bond donors (Lipinski definition) is 1. The third-order valence-electron chi connectivity index (χ3n) is 4.94. The lowest BCUT2D eigenvalue weighted by Gasteiger charge is -2.14. The van der Waals surface area contributed by atoms with E-state index in [0.29, 0.717) is 22.3 Å². The monoisotopic (exact) mass is 411 g/mol. The maximum atomic E-state index is 13.0. The Morgan fingerprint density at radius 2 is 2.23 bits per heavy atom. The maximum absolute atomic E-state index is 13.0. The number of aryl methyl sites for hydroxylation is 1. The van der Waals surface area contributed by atoms with Crippen LogP contribution in [0.4, 0.5) is 4.39 Å². The van der Waals surface area contributed by atoms with Crippen molar-refractivity contribution >= 4 is 10.9 Å². The molecule has 0 radical (unpaired) electrons. The van der Waals surface area contributed by atoms with Gasteiger partial charge >= 0.3 is 0 Å². The van der Waals surface area contributed by atoms with E-state index in [0.717, 1.165) is 10.8 Å². The highest BCUT2D eigenvalue weighted by Crippen LogP contribution is 2.29. The number of ether oxygens (including phenoxy) is 1. The van der Waals surface area contributed by atoms with Gasteiger partial charge in [0.25, 0.3) is 5.56 Å². The van der Waals surface area contributed by atoms with Gasteiger partial charge in [-0.2, -0.15) is 0 Å². The van der Waals surface area contributed by atoms with Gasteiger partial charge < -0.3 is 14.6 Å². The standard InChI is InChI=1S/C23H21FN4O2/c1-27-21-6-8-25-13-20(21)19-5-4-17(10-22(19)27)28-9-7-18(11-23(28)29)30-14-16-3-2-15(24)12-26-16/h2-5,7,9-12,25H,6,8,13-14H2,1H3/i1D3,6D2,8D2. The van der Waals surface area contributed by atoms with Crippen LogP contribution in [-0.2, 0) is 26.5 Å². The Bertz CT molecular complexity index is 1560. The van der Waals surface area contributed by atoms with Crippen molar-refractivity contribution in [1.82, 2.24) is 19.4 Å². The summed E-state index contributed by atoms with van der Waals surface area (Å²) in [5, 5.41) is 2.96. The molecule has 0 spiro atoms. The van der Waals surface area contributed by atoms with Gasteiger partial charge in [0.15, 0.2) is 0 Å². The minimum atomic E-state index is -2.80. The molecule has 0 bridgehead atoms. The number of halogens is 1. The van der Waals surface area contributed by atoms with Gasteiger partial charge in [-0.05, 0) is 35.9 Å². The molecular weight excluding hydrogens is 383 g/mol. The van der Waals surface area contributed by atoms with Gasteiger partial charge in [-0.1, -0.05) is 6.07 Å². The second-order valence-electron chi connectivity index (χ2n) is 6.79. The molecule has 0 aliphatic carbocycles. The lowest BCUT2D eigenvalue weighted by atomic mass is 10.1. The summed E-state index contributed by atoms with van der Waals surface area (Å²) in [6, 6.07) is 10.2. The van der Waals surface area contributed by atoms with E-state index >= 15 is 0 Å². The molecule has 1 N–H and O–H groups in total. The predicted molar refractivity (Wildman–Crippen MR) is 112 cm³/mol. The summed E-state index contributed by atoms with van der Waals surface area (Å²) < 4.78 is 77.9. The molecule has 1 aliphatic rings. The number of rotatable bonds is 4. The largest absolute Gasteiger partial charge is 0.487 e. The molecule has 7 heteroatoms. The second-order valence-corrected chi connectivity index (χ2v) is 6.79. The van der Waals surface area contributed by atoms with Crippen LogP contribution in [0.5, 0.6) is 5.75 Å². The van der Waals surface area contributed by atoms with Crippen molar-refractivity contribution < 1.29 is 18.7 Å². The Hall–Kier alpha value is -3.45. The van der Waals surface area contributed by atoms with Crippen molar-refractivity contribution in [2.24, 2.45) is 6.98 Å². The first-order valence-corrected chi connectivity index (χ1v) is 9.19. The Morgan fingerprint density at radius 1 is 1.30 bits per heavy atom. The van der Waals surface area contributed by atoms with Crippen molar-refractivity contribution in [3.05, 3.63) is 88.0 Å². The molecule has 0 saturated carbocycles. The van der Waals surface area contributed by atoms with Crippen LogP contribution in [0.2, 0.25) is 0 Å². The van der Waals surface area contributed by atoms with Crippen LogP contribution in [-0.4, -0.2) is 20.6 Å². The van der Waals surface area contributed by atoms with Crippen LogP contribution in [0.1, 0.15) is 26.5 Å². The van der Waals surface area contributed by atoms with E-state index in [1.807, 2.05) is 0 Å². The molecule has 0 unspecified atom stereocenters. The summed E-state index contributed by atoms with van der Waals surface area (Å²) >= 11 is 0. The van der Waals surface area contributed by atoms with Gasteiger partial charge in [-0.15, -0.1) is 0 Å². The molecule has 4 aromatic rings. The van der Waals surface area contributed by atoms with Crippen LogP contribution in [0.3, 0.4) is 0 Å². The molecular formula is C23H21FN4O2. The fourth-order valence-electron chi connectivity index (χ4n) is 3.45. The molecule has 0 fully saturated rings. The highest BCUT2D eigenvalue weighted by atomic mass is 19.1. The summed E-state index contributed by atoms with van der Waals surface area (Å²) in [6.45, 7) is -5.33. The molecule has 0 amide bonds. The quantitative estimate of drug-likeness (QED) is 0.561. The molecule has 0 saturated heterocycles. The second kappa shape index (κ2) is 7.42. The number of aromatic nitrogens is 3. The number of hydrogen-bond acceptors (Lipinski definition) is 4. The molecule has 4 heterocycles. The fraction of sp³-hybridized carbons (Fsp3) is 0.217. The third-order valence-corrected chi connectivity index (χ3v) is 4.94. The van der Waals surface area contributed by atoms with E-state index in [2.05, 4.69) is 10.3 Å². The molecule has 3 aromatic heterocycles. The minimum Gasteiger partial charge on any atom is -0.487 e. The molecule has 1 aliphatic heterocycles. The number of pyridine rings is 2. The van der Waals surface area contributed by atoms with Gasteiger partial charge in [0, 0.05) is 59.3 Å². The van der Waals surface area contributed by atoms with E-state index in [9.17, 15) is 9.18 Å². The van der Waals surface area contributed by atoms with E-state index in [-0.39, 0.29) is 30.1 Å². The van der Waals surface area contributed by atoms with Crippen LogP contribution < -0.4 is 15.6 Å². The first-order chi connectivity index (χ1) is 17.3. The number of benzene rings is 1. The average molecular weight is 411 g/mol. The van der Waals surface area contributed by atoms with Crippen molar-refractivity contribution in [2.75, 3.05) is 6.50 Å². The molecule has 30 heavy (non-hydrogen) atoms. The molecule has 5 rings (SSSR count). The van der Waals surface area contributed by atoms with Crippen molar-refractivity contribution in [3.63, 3.8) is 0 Å². The van der Waals surface area contributed by atoms with Gasteiger partial charge in [0.2, 0.25) is 0 Å². The van der Waals surface area contributed by atoms with Gasteiger partial charge in [-0.3, -0.25) is 14.3 Å². The fourth-order valence-corrected chi connectivity index (χ4v) is 3.45. The zero-order chi connectivity index (χ0) is 26.8. The van der Waals surface area contributed by atoms with Gasteiger partial charge in [-0.25, -0.2) is 4.39 Å². The molecule has 0 atom stereocenters. The maximum Gasteiger partial charge on any atom is 0.258 e. The lowest BCUT2D eigenvalue weighted by molar-refractivity contribution is 0.300. The van der Waals surface area contributed by atoms with Gasteiger partial charge in [0.05, 0.1) is 23.1 Å². The Morgan fingerprint density at radius 3 is 3.03 bits per heavy atom. The van der Waals surface area contributed by atoms with Crippen LogP contribution >= 0.6 is 0 Å². The summed E-state index contributed by atoms with van der Waals surface area (Å²) in [5.41, 5.74) is 0.594. The molecule has 6 nitrogen and oxygen atoms in total. The zero-order valence-corrected chi connectivity index (χ0v) is 15.6. The topological polar surface area (TPSA) is 61.1 Å². The third kappa shape index (κ3) is 3.27. The molecule has 1 aromatic carbocycles. The number of nitrogens with zero attached hydrogens (tertiary/aromatic N) is 3. The van der Waals surface area contributed by atoms with Gasteiger partial charge in [0.1, 0.15) is 18.2 Å². The van der Waals surface area contributed by atoms with Crippen molar-refractivity contribution in [3.8, 4) is 11.4 Å². The highest BCUT2D eigenvalue weighted by Gasteiger charge is 2.18. The summed E-state index contributed by atoms with van der Waals surface area (Å²) in [6.07, 6.45) is -0.113. The Kier molecular flexibility index (Phi) is 3.04. The van der Waals surface area contributed by atoms with E-state index in [1.54, 1.807) is 18.2 Å². The smallest absolute Gasteiger partial charge is 0.258 e. The summed E-state index contributed by atoms with van der Waals surface area (Å²) in [5.74, 6) is -0.212. The van der Waals surface area contributed by atoms with Crippen LogP contribution in [0.15, 0.2) is 59.7 Å². The van der Waals surface area contributed by atoms with Crippen LogP contribution in [0.25, 0.3) is 16.6 Å². The first kappa shape index (κ1) is 12.3. The SMILES string of the molecule is [2H]C([2H])([2H])n1c2c(c3ccc(-n4ccc(OCc5ccc(F)cn5)cc4=O)cc31)CNC([2H])([2H])C2([2H])[2H]. The summed E-state index contributed by atoms with van der Waals surface area (Å²) in [7, 11) is 0. The summed E-state index contributed by atoms with van der Waals surface area (Å²) in [4.78, 5) is 16.8. The Labute approximate surface area is 182 Å². The first-order valence-electron chi connectivity index (χ1n) is 12.7. The number of fused-ring (bicyclic) bond motifs is 3. The minimum absolute atomic E-state index is 0.0247. The highest BCUT2D eigenvalue weighted by molar-refractivity contribution is 5.87. The van der Waals surface area contributed by atoms with Crippen LogP contribution in [0, 0.1) is 5.82 Å². The van der Waals surface area contributed by atoms with E-state index < -0.39 is 31.2 Å². The van der Waals surface area contributed by atoms with E-state index in [1.165, 1.54) is 35.0 Å². The Balaban J connectivity index is 1.55. The van der Waals surface area contributed by atoms with Crippen molar-refractivity contribution in [1.29, 1.82) is 0 Å². The zero-order valence-electron chi connectivity index (χ0n) is 22.6. The lowest BCUT2D eigenvalue weighted by Crippen LogP contribution is -2.24. The average Bonchev–Trinajstić information content (AvgIpc) is 3.17.